The van der Waals surface area contributed by atoms with Crippen LogP contribution in [0.4, 0.5) is 0 Å². The molecule has 1 rings (SSSR count). The van der Waals surface area contributed by atoms with Crippen LogP contribution in [0.15, 0.2) is 18.3 Å². The van der Waals surface area contributed by atoms with E-state index in [0.29, 0.717) is 6.54 Å². The molecule has 0 spiro atoms. The third kappa shape index (κ3) is 6.65. The van der Waals surface area contributed by atoms with E-state index < -0.39 is 10.0 Å². The average molecular weight is 274 g/mol. The summed E-state index contributed by atoms with van der Waals surface area (Å²) in [5, 5.41) is 0. The number of thioether (sulfide) groups is 1. The Labute approximate surface area is 107 Å². The van der Waals surface area contributed by atoms with Gasteiger partial charge in [-0.2, -0.15) is 11.8 Å². The van der Waals surface area contributed by atoms with E-state index in [1.165, 1.54) is 11.8 Å². The highest BCUT2D eigenvalue weighted by Gasteiger charge is 2.00. The van der Waals surface area contributed by atoms with Gasteiger partial charge < -0.3 is 0 Å². The molecule has 0 bridgehead atoms. The number of rotatable bonds is 7. The van der Waals surface area contributed by atoms with Gasteiger partial charge in [0.15, 0.2) is 0 Å². The van der Waals surface area contributed by atoms with E-state index in [-0.39, 0.29) is 0 Å². The van der Waals surface area contributed by atoms with E-state index in [1.54, 1.807) is 18.0 Å². The number of sulfonamides is 1. The van der Waals surface area contributed by atoms with Crippen LogP contribution >= 0.6 is 11.8 Å². The summed E-state index contributed by atoms with van der Waals surface area (Å²) in [5.41, 5.74) is 2.31. The van der Waals surface area contributed by atoms with Crippen LogP contribution in [0.2, 0.25) is 0 Å². The van der Waals surface area contributed by atoms with Gasteiger partial charge in [0.05, 0.1) is 11.9 Å². The summed E-state index contributed by atoms with van der Waals surface area (Å²) in [6.07, 6.45) is 3.81. The third-order valence-electron chi connectivity index (χ3n) is 2.19. The molecule has 0 fully saturated rings. The second-order valence-electron chi connectivity index (χ2n) is 3.84. The van der Waals surface area contributed by atoms with Crippen LogP contribution in [0, 0.1) is 6.92 Å². The first-order chi connectivity index (χ1) is 7.99. The summed E-state index contributed by atoms with van der Waals surface area (Å²) >= 11 is 1.77. The minimum absolute atomic E-state index is 0.507. The molecule has 17 heavy (non-hydrogen) atoms. The Morgan fingerprint density at radius 1 is 1.47 bits per heavy atom. The highest BCUT2D eigenvalue weighted by atomic mass is 32.2. The van der Waals surface area contributed by atoms with Crippen LogP contribution in [0.3, 0.4) is 0 Å². The molecular formula is C11H18N2O2S2. The van der Waals surface area contributed by atoms with Crippen LogP contribution in [-0.2, 0) is 15.8 Å². The van der Waals surface area contributed by atoms with E-state index in [0.717, 1.165) is 23.6 Å². The van der Waals surface area contributed by atoms with Crippen LogP contribution in [0.1, 0.15) is 17.7 Å². The predicted molar refractivity (Wildman–Crippen MR) is 72.6 cm³/mol. The van der Waals surface area contributed by atoms with Crippen LogP contribution < -0.4 is 4.72 Å². The van der Waals surface area contributed by atoms with Gasteiger partial charge in [-0.3, -0.25) is 4.98 Å². The van der Waals surface area contributed by atoms with E-state index in [2.05, 4.69) is 9.71 Å². The monoisotopic (exact) mass is 274 g/mol. The van der Waals surface area contributed by atoms with Gasteiger partial charge in [-0.25, -0.2) is 13.1 Å². The maximum absolute atomic E-state index is 10.8. The molecule has 1 aromatic heterocycles. The molecule has 0 saturated carbocycles. The number of hydrogen-bond acceptors (Lipinski definition) is 4. The maximum atomic E-state index is 10.8. The first-order valence-electron chi connectivity index (χ1n) is 5.42. The molecule has 0 aliphatic carbocycles. The Hall–Kier alpha value is -0.590. The largest absolute Gasteiger partial charge is 0.260 e. The number of aromatic nitrogens is 1. The standard InChI is InChI=1S/C11H18N2O2S2/c1-10-5-3-6-12-11(10)9-16-8-4-7-13-17(2,14)15/h3,5-6,13H,4,7-9H2,1-2H3. The normalized spacial score (nSPS) is 11.6. The molecule has 0 aliphatic rings. The predicted octanol–water partition coefficient (Wildman–Crippen LogP) is 1.56. The molecular weight excluding hydrogens is 256 g/mol. The molecule has 1 N–H and O–H groups in total. The second kappa shape index (κ2) is 6.98. The van der Waals surface area contributed by atoms with Crippen molar-refractivity contribution < 1.29 is 8.42 Å². The van der Waals surface area contributed by atoms with Crippen molar-refractivity contribution in [3.63, 3.8) is 0 Å². The zero-order valence-electron chi connectivity index (χ0n) is 10.1. The Balaban J connectivity index is 2.15. The lowest BCUT2D eigenvalue weighted by molar-refractivity contribution is 0.587. The summed E-state index contributed by atoms with van der Waals surface area (Å²) in [5.74, 6) is 1.81. The molecule has 0 unspecified atom stereocenters. The third-order valence-corrected chi connectivity index (χ3v) is 3.97. The SMILES string of the molecule is Cc1cccnc1CSCCCNS(C)(=O)=O. The summed E-state index contributed by atoms with van der Waals surface area (Å²) < 4.78 is 24.1. The first-order valence-corrected chi connectivity index (χ1v) is 8.46. The molecule has 96 valence electrons. The van der Waals surface area contributed by atoms with E-state index in [9.17, 15) is 8.42 Å². The Morgan fingerprint density at radius 2 is 2.24 bits per heavy atom. The van der Waals surface area contributed by atoms with Crippen LogP contribution in [-0.4, -0.2) is 32.0 Å². The van der Waals surface area contributed by atoms with Crippen LogP contribution in [0.5, 0.6) is 0 Å². The topological polar surface area (TPSA) is 59.1 Å². The minimum atomic E-state index is -3.04. The Bertz CT molecular complexity index is 447. The molecule has 6 heteroatoms. The van der Waals surface area contributed by atoms with E-state index >= 15 is 0 Å². The second-order valence-corrected chi connectivity index (χ2v) is 6.78. The van der Waals surface area contributed by atoms with Crippen molar-refractivity contribution in [1.29, 1.82) is 0 Å². The fourth-order valence-electron chi connectivity index (χ4n) is 1.27. The summed E-state index contributed by atoms with van der Waals surface area (Å²) in [7, 11) is -3.04. The van der Waals surface area contributed by atoms with Crippen molar-refractivity contribution in [2.24, 2.45) is 0 Å². The lowest BCUT2D eigenvalue weighted by Crippen LogP contribution is -2.23. The number of aryl methyl sites for hydroxylation is 1. The summed E-state index contributed by atoms with van der Waals surface area (Å²) in [6.45, 7) is 2.56. The number of nitrogens with zero attached hydrogens (tertiary/aromatic N) is 1. The van der Waals surface area contributed by atoms with Crippen molar-refractivity contribution in [2.75, 3.05) is 18.6 Å². The van der Waals surface area contributed by atoms with E-state index in [4.69, 9.17) is 0 Å². The number of hydrogen-bond donors (Lipinski definition) is 1. The molecule has 0 atom stereocenters. The highest BCUT2D eigenvalue weighted by Crippen LogP contribution is 2.13. The number of pyridine rings is 1. The van der Waals surface area contributed by atoms with Crippen molar-refractivity contribution >= 4 is 21.8 Å². The van der Waals surface area contributed by atoms with Gasteiger partial charge in [0.25, 0.3) is 0 Å². The van der Waals surface area contributed by atoms with Gasteiger partial charge in [0, 0.05) is 18.5 Å². The lowest BCUT2D eigenvalue weighted by atomic mass is 10.2. The van der Waals surface area contributed by atoms with E-state index in [1.807, 2.05) is 19.1 Å². The fourth-order valence-corrected chi connectivity index (χ4v) is 2.77. The zero-order chi connectivity index (χ0) is 12.7. The summed E-state index contributed by atoms with van der Waals surface area (Å²) in [4.78, 5) is 4.30. The van der Waals surface area contributed by atoms with Gasteiger partial charge in [-0.15, -0.1) is 0 Å². The van der Waals surface area contributed by atoms with Gasteiger partial charge >= 0.3 is 0 Å². The maximum Gasteiger partial charge on any atom is 0.208 e. The first kappa shape index (κ1) is 14.5. The van der Waals surface area contributed by atoms with Crippen molar-refractivity contribution in [2.45, 2.75) is 19.1 Å². The Morgan fingerprint density at radius 3 is 2.88 bits per heavy atom. The average Bonchev–Trinajstić information content (AvgIpc) is 2.24. The molecule has 1 aromatic rings. The molecule has 4 nitrogen and oxygen atoms in total. The quantitative estimate of drug-likeness (QED) is 0.767. The highest BCUT2D eigenvalue weighted by molar-refractivity contribution is 7.98. The van der Waals surface area contributed by atoms with Gasteiger partial charge in [-0.05, 0) is 30.7 Å². The number of nitrogens with one attached hydrogen (secondary N) is 1. The van der Waals surface area contributed by atoms with Gasteiger partial charge in [0.1, 0.15) is 0 Å². The van der Waals surface area contributed by atoms with Crippen LogP contribution in [0.25, 0.3) is 0 Å². The minimum Gasteiger partial charge on any atom is -0.260 e. The molecule has 1 heterocycles. The molecule has 0 saturated heterocycles. The van der Waals surface area contributed by atoms with Gasteiger partial charge in [-0.1, -0.05) is 6.07 Å². The molecule has 0 aromatic carbocycles. The Kier molecular flexibility index (Phi) is 5.94. The molecule has 0 aliphatic heterocycles. The van der Waals surface area contributed by atoms with Crippen molar-refractivity contribution in [3.05, 3.63) is 29.6 Å². The summed E-state index contributed by atoms with van der Waals surface area (Å²) in [6, 6.07) is 3.98. The van der Waals surface area contributed by atoms with Crippen molar-refractivity contribution in [1.82, 2.24) is 9.71 Å². The zero-order valence-corrected chi connectivity index (χ0v) is 11.8. The molecule has 0 radical (unpaired) electrons. The fraction of sp³-hybridized carbons (Fsp3) is 0.545. The molecule has 0 amide bonds. The lowest BCUT2D eigenvalue weighted by Gasteiger charge is -2.04. The van der Waals surface area contributed by atoms with Gasteiger partial charge in [0.2, 0.25) is 10.0 Å². The van der Waals surface area contributed by atoms with Crippen molar-refractivity contribution in [3.8, 4) is 0 Å². The smallest absolute Gasteiger partial charge is 0.208 e.